The van der Waals surface area contributed by atoms with E-state index in [1.807, 2.05) is 32.0 Å². The molecule has 0 fully saturated rings. The van der Waals surface area contributed by atoms with Crippen LogP contribution in [0.15, 0.2) is 30.3 Å². The Balaban J connectivity index is 2.95. The Morgan fingerprint density at radius 2 is 1.94 bits per heavy atom. The summed E-state index contributed by atoms with van der Waals surface area (Å²) in [5.41, 5.74) is 0.704. The normalized spacial score (nSPS) is 17.9. The molecule has 16 heavy (non-hydrogen) atoms. The quantitative estimate of drug-likeness (QED) is 0.748. The maximum atomic E-state index is 12.3. The van der Waals surface area contributed by atoms with Gasteiger partial charge in [-0.25, -0.2) is 0 Å². The zero-order valence-electron chi connectivity index (χ0n) is 12.2. The first-order valence-corrected chi connectivity index (χ1v) is 5.71. The minimum absolute atomic E-state index is 0.281. The fourth-order valence-electron chi connectivity index (χ4n) is 1.62. The number of carbonyl (C=O) groups excluding carboxylic acids is 1. The van der Waals surface area contributed by atoms with Gasteiger partial charge in [-0.05, 0) is 25.8 Å². The number of hydrogen-bond donors (Lipinski definition) is 0. The predicted octanol–water partition coefficient (Wildman–Crippen LogP) is 2.73. The highest BCUT2D eigenvalue weighted by Gasteiger charge is 2.17. The summed E-state index contributed by atoms with van der Waals surface area (Å²) in [4.78, 5) is 13.9. The average molecular weight is 221 g/mol. The van der Waals surface area contributed by atoms with Crippen molar-refractivity contribution in [1.29, 1.82) is 0 Å². The topological polar surface area (TPSA) is 20.3 Å². The van der Waals surface area contributed by atoms with Gasteiger partial charge in [-0.1, -0.05) is 37.3 Å². The van der Waals surface area contributed by atoms with E-state index in [-0.39, 0.29) is 5.91 Å². The predicted molar refractivity (Wildman–Crippen MR) is 67.2 cm³/mol. The maximum absolute atomic E-state index is 12.3. The first-order valence-electron chi connectivity index (χ1n) is 6.79. The van der Waals surface area contributed by atoms with Gasteiger partial charge in [0.25, 0.3) is 0 Å². The van der Waals surface area contributed by atoms with Crippen LogP contribution in [0.3, 0.4) is 0 Å². The summed E-state index contributed by atoms with van der Waals surface area (Å²) in [6.07, 6.45) is -0.869. The molecule has 0 radical (unpaired) electrons. The van der Waals surface area contributed by atoms with Crippen molar-refractivity contribution in [2.45, 2.75) is 27.2 Å². The number of amides is 1. The van der Waals surface area contributed by atoms with Crippen LogP contribution in [-0.4, -0.2) is 23.9 Å². The van der Waals surface area contributed by atoms with Gasteiger partial charge in [0.2, 0.25) is 5.91 Å². The molecule has 0 heterocycles. The minimum Gasteiger partial charge on any atom is -0.343 e. The molecule has 2 nitrogen and oxygen atoms in total. The molecule has 0 saturated carbocycles. The second kappa shape index (κ2) is 6.31. The number of benzene rings is 1. The fourth-order valence-corrected chi connectivity index (χ4v) is 1.62. The van der Waals surface area contributed by atoms with Crippen molar-refractivity contribution in [1.82, 2.24) is 4.90 Å². The maximum Gasteiger partial charge on any atom is 0.225 e. The number of hydrogen-bond acceptors (Lipinski definition) is 1. The van der Waals surface area contributed by atoms with Gasteiger partial charge in [0, 0.05) is 21.7 Å². The van der Waals surface area contributed by atoms with E-state index in [1.165, 1.54) is 6.92 Å². The van der Waals surface area contributed by atoms with Crippen LogP contribution in [-0.2, 0) is 11.2 Å². The van der Waals surface area contributed by atoms with Crippen molar-refractivity contribution >= 4 is 5.91 Å². The average Bonchev–Trinajstić information content (AvgIpc) is 2.40. The smallest absolute Gasteiger partial charge is 0.225 e. The molecule has 0 aromatic heterocycles. The Morgan fingerprint density at radius 3 is 2.44 bits per heavy atom. The SMILES string of the molecule is [2H]C(c1ccccc1)C([2H])(C)C(=O)N(CC)CC. The van der Waals surface area contributed by atoms with Gasteiger partial charge in [-0.3, -0.25) is 4.79 Å². The summed E-state index contributed by atoms with van der Waals surface area (Å²) >= 11 is 0. The van der Waals surface area contributed by atoms with Gasteiger partial charge in [-0.2, -0.15) is 0 Å². The van der Waals surface area contributed by atoms with Gasteiger partial charge in [0.1, 0.15) is 0 Å². The van der Waals surface area contributed by atoms with Gasteiger partial charge in [-0.15, -0.1) is 0 Å². The van der Waals surface area contributed by atoms with E-state index in [9.17, 15) is 4.79 Å². The second-order valence-corrected chi connectivity index (χ2v) is 3.72. The molecule has 0 bridgehead atoms. The van der Waals surface area contributed by atoms with Crippen molar-refractivity contribution in [3.63, 3.8) is 0 Å². The van der Waals surface area contributed by atoms with Crippen LogP contribution in [0, 0.1) is 5.89 Å². The molecule has 0 aliphatic carbocycles. The monoisotopic (exact) mass is 221 g/mol. The Morgan fingerprint density at radius 1 is 1.38 bits per heavy atom. The first-order chi connectivity index (χ1) is 8.45. The van der Waals surface area contributed by atoms with Gasteiger partial charge >= 0.3 is 0 Å². The molecule has 0 aliphatic heterocycles. The molecule has 2 atom stereocenters. The van der Waals surface area contributed by atoms with Crippen LogP contribution in [0.5, 0.6) is 0 Å². The second-order valence-electron chi connectivity index (χ2n) is 3.72. The highest BCUT2D eigenvalue weighted by atomic mass is 16.2. The lowest BCUT2D eigenvalue weighted by Crippen LogP contribution is -2.35. The van der Waals surface area contributed by atoms with Crippen molar-refractivity contribution in [2.24, 2.45) is 5.89 Å². The number of rotatable bonds is 5. The molecule has 0 aliphatic rings. The van der Waals surface area contributed by atoms with Crippen LogP contribution in [0.4, 0.5) is 0 Å². The molecular formula is C14H21NO. The van der Waals surface area contributed by atoms with Crippen molar-refractivity contribution in [2.75, 3.05) is 13.1 Å². The van der Waals surface area contributed by atoms with E-state index >= 15 is 0 Å². The Bertz CT molecular complexity index is 388. The van der Waals surface area contributed by atoms with Crippen molar-refractivity contribution in [3.05, 3.63) is 35.9 Å². The zero-order chi connectivity index (χ0) is 13.8. The van der Waals surface area contributed by atoms with E-state index < -0.39 is 12.3 Å². The molecule has 2 heteroatoms. The lowest BCUT2D eigenvalue weighted by molar-refractivity contribution is -0.134. The summed E-state index contributed by atoms with van der Waals surface area (Å²) in [7, 11) is 0. The third kappa shape index (κ3) is 3.37. The van der Waals surface area contributed by atoms with Gasteiger partial charge in [0.15, 0.2) is 0 Å². The molecule has 1 aromatic rings. The zero-order valence-corrected chi connectivity index (χ0v) is 10.2. The summed E-state index contributed by atoms with van der Waals surface area (Å²) in [5, 5.41) is 0. The number of carbonyl (C=O) groups is 1. The molecule has 1 amide bonds. The molecule has 0 spiro atoms. The van der Waals surface area contributed by atoms with E-state index in [1.54, 1.807) is 17.0 Å². The highest BCUT2D eigenvalue weighted by Crippen LogP contribution is 2.11. The van der Waals surface area contributed by atoms with Crippen LogP contribution in [0.2, 0.25) is 0 Å². The van der Waals surface area contributed by atoms with E-state index in [4.69, 9.17) is 2.74 Å². The fraction of sp³-hybridized carbons (Fsp3) is 0.500. The van der Waals surface area contributed by atoms with Gasteiger partial charge < -0.3 is 4.90 Å². The molecular weight excluding hydrogens is 198 g/mol. The summed E-state index contributed by atoms with van der Waals surface area (Å²) in [5.74, 6) is -1.73. The lowest BCUT2D eigenvalue weighted by Gasteiger charge is -2.22. The van der Waals surface area contributed by atoms with Crippen molar-refractivity contribution < 1.29 is 7.54 Å². The van der Waals surface area contributed by atoms with Crippen LogP contribution >= 0.6 is 0 Å². The van der Waals surface area contributed by atoms with Crippen molar-refractivity contribution in [3.8, 4) is 0 Å². The largest absolute Gasteiger partial charge is 0.343 e. The van der Waals surface area contributed by atoms with E-state index in [2.05, 4.69) is 0 Å². The Kier molecular flexibility index (Phi) is 3.90. The highest BCUT2D eigenvalue weighted by molar-refractivity contribution is 5.78. The molecule has 0 N–H and O–H groups in total. The van der Waals surface area contributed by atoms with Crippen LogP contribution in [0.25, 0.3) is 0 Å². The van der Waals surface area contributed by atoms with Crippen LogP contribution < -0.4 is 0 Å². The summed E-state index contributed by atoms with van der Waals surface area (Å²) in [6, 6.07) is 9.10. The van der Waals surface area contributed by atoms with E-state index in [0.717, 1.165) is 0 Å². The third-order valence-corrected chi connectivity index (χ3v) is 2.57. The standard InChI is InChI=1S/C14H21NO/c1-4-15(5-2)14(16)12(3)11-13-9-7-6-8-10-13/h6-10,12H,4-5,11H2,1-3H3/i11D,12D. The van der Waals surface area contributed by atoms with Crippen LogP contribution in [0.1, 0.15) is 29.1 Å². The molecule has 1 rings (SSSR count). The van der Waals surface area contributed by atoms with Gasteiger partial charge in [0.05, 0.1) is 0 Å². The summed E-state index contributed by atoms with van der Waals surface area (Å²) < 4.78 is 16.4. The Hall–Kier alpha value is -1.31. The third-order valence-electron chi connectivity index (χ3n) is 2.57. The molecule has 2 unspecified atom stereocenters. The molecule has 1 aromatic carbocycles. The lowest BCUT2D eigenvalue weighted by atomic mass is 10.00. The first kappa shape index (κ1) is 9.88. The number of nitrogens with zero attached hydrogens (tertiary/aromatic N) is 1. The molecule has 88 valence electrons. The Labute approximate surface area is 101 Å². The summed E-state index contributed by atoms with van der Waals surface area (Å²) in [6.45, 7) is 6.45. The van der Waals surface area contributed by atoms with E-state index in [0.29, 0.717) is 18.7 Å². The molecule has 0 saturated heterocycles. The minimum atomic E-state index is -1.45.